The Labute approximate surface area is 144 Å². The minimum absolute atomic E-state index is 0.262. The second-order valence-electron chi connectivity index (χ2n) is 7.29. The van der Waals surface area contributed by atoms with Crippen molar-refractivity contribution in [3.8, 4) is 0 Å². The molecule has 0 saturated heterocycles. The van der Waals surface area contributed by atoms with E-state index in [0.29, 0.717) is 6.42 Å². The van der Waals surface area contributed by atoms with Crippen molar-refractivity contribution in [1.29, 1.82) is 0 Å². The molecule has 2 aliphatic rings. The molecule has 1 N–H and O–H groups in total. The van der Waals surface area contributed by atoms with Gasteiger partial charge in [-0.05, 0) is 43.9 Å². The summed E-state index contributed by atoms with van der Waals surface area (Å²) >= 11 is 0. The topological polar surface area (TPSA) is 84.5 Å². The van der Waals surface area contributed by atoms with Crippen molar-refractivity contribution in [3.63, 3.8) is 0 Å². The first-order chi connectivity index (χ1) is 11.9. The van der Waals surface area contributed by atoms with E-state index in [4.69, 9.17) is 0 Å². The van der Waals surface area contributed by atoms with E-state index in [1.165, 1.54) is 9.25 Å². The van der Waals surface area contributed by atoms with Crippen LogP contribution in [0.25, 0.3) is 5.57 Å². The Kier molecular flexibility index (Phi) is 3.28. The highest BCUT2D eigenvalue weighted by molar-refractivity contribution is 6.14. The van der Waals surface area contributed by atoms with Crippen molar-refractivity contribution in [2.24, 2.45) is 10.2 Å². The smallest absolute Gasteiger partial charge is 0.246 e. The highest BCUT2D eigenvalue weighted by Crippen LogP contribution is 2.36. The molecule has 1 aliphatic carbocycles. The lowest BCUT2D eigenvalue weighted by atomic mass is 9.85. The first-order valence-electron chi connectivity index (χ1n) is 8.22. The fraction of sp³-hybridized carbons (Fsp3) is 0.333. The maximum Gasteiger partial charge on any atom is 0.348 e. The predicted molar refractivity (Wildman–Crippen MR) is 97.6 cm³/mol. The molecule has 2 heterocycles. The standard InChI is InChI=1S/C18H19N5O2/c1-18(2,3)22-16(24)21-23(17(22)25)14-8-7-12-10-20-19-9-11-5-4-6-13(14)15(11)12/h4-7,9-10,14H,8H2,1-3H3,(H,21,24). The summed E-state index contributed by atoms with van der Waals surface area (Å²) in [7, 11) is 0. The number of aromatic amines is 1. The summed E-state index contributed by atoms with van der Waals surface area (Å²) in [5.41, 5.74) is 2.64. The number of hydrogen-bond acceptors (Lipinski definition) is 4. The molecular weight excluding hydrogens is 318 g/mol. The quantitative estimate of drug-likeness (QED) is 0.862. The number of rotatable bonds is 1. The van der Waals surface area contributed by atoms with Crippen LogP contribution < -0.4 is 11.4 Å². The van der Waals surface area contributed by atoms with E-state index in [1.54, 1.807) is 12.4 Å². The zero-order chi connectivity index (χ0) is 17.8. The second kappa shape index (κ2) is 5.27. The Morgan fingerprint density at radius 1 is 1.16 bits per heavy atom. The molecule has 1 aromatic heterocycles. The van der Waals surface area contributed by atoms with Crippen LogP contribution >= 0.6 is 0 Å². The second-order valence-corrected chi connectivity index (χ2v) is 7.29. The summed E-state index contributed by atoms with van der Waals surface area (Å²) in [4.78, 5) is 25.2. The molecule has 7 nitrogen and oxygen atoms in total. The zero-order valence-corrected chi connectivity index (χ0v) is 14.4. The molecule has 0 bridgehead atoms. The lowest BCUT2D eigenvalue weighted by Crippen LogP contribution is -2.41. The molecule has 1 aromatic carbocycles. The summed E-state index contributed by atoms with van der Waals surface area (Å²) in [6.07, 6.45) is 6.08. The average Bonchev–Trinajstić information content (AvgIpc) is 2.73. The fourth-order valence-electron chi connectivity index (χ4n) is 3.53. The van der Waals surface area contributed by atoms with E-state index in [9.17, 15) is 9.59 Å². The van der Waals surface area contributed by atoms with E-state index in [0.717, 1.165) is 22.3 Å². The molecule has 25 heavy (non-hydrogen) atoms. The largest absolute Gasteiger partial charge is 0.348 e. The van der Waals surface area contributed by atoms with Crippen LogP contribution in [0.1, 0.15) is 49.9 Å². The van der Waals surface area contributed by atoms with Crippen molar-refractivity contribution in [2.75, 3.05) is 0 Å². The van der Waals surface area contributed by atoms with Crippen molar-refractivity contribution >= 4 is 18.0 Å². The number of H-pyrrole nitrogens is 1. The molecule has 2 aromatic rings. The van der Waals surface area contributed by atoms with Gasteiger partial charge < -0.3 is 0 Å². The van der Waals surface area contributed by atoms with Crippen LogP contribution in [0.3, 0.4) is 0 Å². The van der Waals surface area contributed by atoms with Gasteiger partial charge in [0.25, 0.3) is 0 Å². The van der Waals surface area contributed by atoms with Crippen LogP contribution in [-0.2, 0) is 5.54 Å². The van der Waals surface area contributed by atoms with E-state index < -0.39 is 11.2 Å². The Bertz CT molecular complexity index is 1060. The number of hydrogen-bond donors (Lipinski definition) is 1. The molecular formula is C18H19N5O2. The Morgan fingerprint density at radius 3 is 2.64 bits per heavy atom. The molecule has 4 rings (SSSR count). The summed E-state index contributed by atoms with van der Waals surface area (Å²) in [5, 5.41) is 10.8. The van der Waals surface area contributed by atoms with Crippen LogP contribution in [0.4, 0.5) is 0 Å². The Hall–Kier alpha value is -2.96. The molecule has 1 aliphatic heterocycles. The van der Waals surface area contributed by atoms with Gasteiger partial charge in [0.1, 0.15) is 0 Å². The van der Waals surface area contributed by atoms with Crippen molar-refractivity contribution in [2.45, 2.75) is 38.8 Å². The third kappa shape index (κ3) is 2.34. The maximum absolute atomic E-state index is 12.9. The minimum Gasteiger partial charge on any atom is -0.246 e. The number of aromatic nitrogens is 3. The highest BCUT2D eigenvalue weighted by Gasteiger charge is 2.29. The van der Waals surface area contributed by atoms with Gasteiger partial charge in [-0.25, -0.2) is 23.9 Å². The van der Waals surface area contributed by atoms with Gasteiger partial charge in [-0.1, -0.05) is 24.3 Å². The van der Waals surface area contributed by atoms with E-state index >= 15 is 0 Å². The molecule has 1 unspecified atom stereocenters. The summed E-state index contributed by atoms with van der Waals surface area (Å²) in [6.45, 7) is 5.52. The van der Waals surface area contributed by atoms with Gasteiger partial charge in [0.2, 0.25) is 0 Å². The van der Waals surface area contributed by atoms with Crippen LogP contribution in [0.5, 0.6) is 0 Å². The zero-order valence-electron chi connectivity index (χ0n) is 14.4. The van der Waals surface area contributed by atoms with Gasteiger partial charge in [0, 0.05) is 11.1 Å². The molecule has 0 radical (unpaired) electrons. The number of nitrogens with one attached hydrogen (secondary N) is 1. The maximum atomic E-state index is 12.9. The first-order valence-corrected chi connectivity index (χ1v) is 8.22. The van der Waals surface area contributed by atoms with Gasteiger partial charge in [-0.3, -0.25) is 0 Å². The molecule has 7 heteroatoms. The van der Waals surface area contributed by atoms with Crippen LogP contribution in [-0.4, -0.2) is 26.8 Å². The van der Waals surface area contributed by atoms with Crippen LogP contribution in [0, 0.1) is 0 Å². The third-order valence-electron chi connectivity index (χ3n) is 4.60. The van der Waals surface area contributed by atoms with E-state index in [-0.39, 0.29) is 11.7 Å². The van der Waals surface area contributed by atoms with Gasteiger partial charge in [0.15, 0.2) is 0 Å². The molecule has 1 atom stereocenters. The van der Waals surface area contributed by atoms with Crippen molar-refractivity contribution in [3.05, 3.63) is 61.9 Å². The van der Waals surface area contributed by atoms with E-state index in [1.807, 2.05) is 45.0 Å². The number of benzene rings is 1. The summed E-state index contributed by atoms with van der Waals surface area (Å²) in [5.74, 6) is 0. The highest BCUT2D eigenvalue weighted by atomic mass is 16.2. The van der Waals surface area contributed by atoms with Gasteiger partial charge in [-0.15, -0.1) is 0 Å². The van der Waals surface area contributed by atoms with E-state index in [2.05, 4.69) is 15.3 Å². The number of allylic oxidation sites excluding steroid dienone is 2. The first kappa shape index (κ1) is 15.6. The molecule has 128 valence electrons. The normalized spacial score (nSPS) is 18.7. The third-order valence-corrected chi connectivity index (χ3v) is 4.60. The van der Waals surface area contributed by atoms with Gasteiger partial charge >= 0.3 is 11.4 Å². The van der Waals surface area contributed by atoms with Crippen molar-refractivity contribution in [1.82, 2.24) is 14.3 Å². The lowest BCUT2D eigenvalue weighted by molar-refractivity contribution is 0.367. The molecule has 0 saturated carbocycles. The van der Waals surface area contributed by atoms with Crippen molar-refractivity contribution < 1.29 is 0 Å². The molecule has 0 spiro atoms. The summed E-state index contributed by atoms with van der Waals surface area (Å²) < 4.78 is 2.70. The number of nitrogens with zero attached hydrogens (tertiary/aromatic N) is 4. The van der Waals surface area contributed by atoms with Crippen LogP contribution in [0.2, 0.25) is 0 Å². The predicted octanol–water partition coefficient (Wildman–Crippen LogP) is 1.89. The van der Waals surface area contributed by atoms with Crippen LogP contribution in [0.15, 0.2) is 44.1 Å². The monoisotopic (exact) mass is 337 g/mol. The van der Waals surface area contributed by atoms with Gasteiger partial charge in [-0.2, -0.15) is 10.2 Å². The summed E-state index contributed by atoms with van der Waals surface area (Å²) in [6, 6.07) is 5.63. The average molecular weight is 337 g/mol. The molecule has 0 amide bonds. The fourth-order valence-corrected chi connectivity index (χ4v) is 3.53. The SMILES string of the molecule is CC(C)(C)n1c(=O)[nH]n(C2CC=C3C=NN=Cc4cccc2c43)c1=O. The molecule has 0 fully saturated rings. The lowest BCUT2D eigenvalue weighted by Gasteiger charge is -2.25. The Balaban J connectivity index is 1.93. The Morgan fingerprint density at radius 2 is 1.92 bits per heavy atom. The minimum atomic E-state index is -0.585. The van der Waals surface area contributed by atoms with Gasteiger partial charge in [0.05, 0.1) is 18.5 Å².